The summed E-state index contributed by atoms with van der Waals surface area (Å²) in [6.07, 6.45) is 0.978. The van der Waals surface area contributed by atoms with Gasteiger partial charge in [0.2, 0.25) is 11.8 Å². The van der Waals surface area contributed by atoms with Crippen molar-refractivity contribution in [2.75, 3.05) is 12.4 Å². The molecule has 2 amide bonds. The molecular formula is C20H22N2O2. The van der Waals surface area contributed by atoms with Gasteiger partial charge in [-0.1, -0.05) is 48.0 Å². The quantitative estimate of drug-likeness (QED) is 0.939. The van der Waals surface area contributed by atoms with E-state index in [2.05, 4.69) is 5.32 Å². The van der Waals surface area contributed by atoms with Crippen molar-refractivity contribution in [3.63, 3.8) is 0 Å². The topological polar surface area (TPSA) is 49.4 Å². The Balaban J connectivity index is 1.87. The third kappa shape index (κ3) is 3.32. The lowest BCUT2D eigenvalue weighted by molar-refractivity contribution is -0.140. The van der Waals surface area contributed by atoms with E-state index in [0.29, 0.717) is 12.8 Å². The average molecular weight is 322 g/mol. The van der Waals surface area contributed by atoms with Crippen LogP contribution in [-0.2, 0) is 9.59 Å². The van der Waals surface area contributed by atoms with Gasteiger partial charge in [0.1, 0.15) is 0 Å². The number of nitrogens with zero attached hydrogens (tertiary/aromatic N) is 1. The Kier molecular flexibility index (Phi) is 4.65. The van der Waals surface area contributed by atoms with Crippen LogP contribution in [0.3, 0.4) is 0 Å². The second-order valence-electron chi connectivity index (χ2n) is 6.36. The number of rotatable bonds is 3. The number of likely N-dealkylation sites (tertiary alicyclic amines) is 1. The van der Waals surface area contributed by atoms with E-state index >= 15 is 0 Å². The van der Waals surface area contributed by atoms with Crippen molar-refractivity contribution in [2.24, 2.45) is 5.92 Å². The van der Waals surface area contributed by atoms with Crippen molar-refractivity contribution in [1.82, 2.24) is 4.90 Å². The summed E-state index contributed by atoms with van der Waals surface area (Å²) in [5.74, 6) is -0.203. The molecule has 1 aliphatic heterocycles. The number of anilines is 1. The molecule has 2 aromatic carbocycles. The van der Waals surface area contributed by atoms with E-state index in [1.165, 1.54) is 0 Å². The van der Waals surface area contributed by atoms with Gasteiger partial charge in [-0.25, -0.2) is 0 Å². The third-order valence-corrected chi connectivity index (χ3v) is 4.66. The molecular weight excluding hydrogens is 300 g/mol. The van der Waals surface area contributed by atoms with Crippen LogP contribution in [0.25, 0.3) is 0 Å². The monoisotopic (exact) mass is 322 g/mol. The first-order chi connectivity index (χ1) is 11.6. The summed E-state index contributed by atoms with van der Waals surface area (Å²) in [5, 5.41) is 2.98. The predicted octanol–water partition coefficient (Wildman–Crippen LogP) is 3.54. The fourth-order valence-corrected chi connectivity index (χ4v) is 3.29. The lowest BCUT2D eigenvalue weighted by Gasteiger charge is -2.38. The molecule has 0 aromatic heterocycles. The molecule has 1 N–H and O–H groups in total. The minimum Gasteiger partial charge on any atom is -0.338 e. The molecule has 2 atom stereocenters. The van der Waals surface area contributed by atoms with Gasteiger partial charge in [-0.15, -0.1) is 0 Å². The maximum atomic E-state index is 12.8. The summed E-state index contributed by atoms with van der Waals surface area (Å²) < 4.78 is 0. The summed E-state index contributed by atoms with van der Waals surface area (Å²) >= 11 is 0. The van der Waals surface area contributed by atoms with Gasteiger partial charge in [-0.3, -0.25) is 9.59 Å². The van der Waals surface area contributed by atoms with Crippen LogP contribution in [-0.4, -0.2) is 23.8 Å². The number of hydrogen-bond donors (Lipinski definition) is 1. The van der Waals surface area contributed by atoms with Crippen LogP contribution in [0.4, 0.5) is 5.69 Å². The van der Waals surface area contributed by atoms with E-state index in [-0.39, 0.29) is 23.8 Å². The largest absolute Gasteiger partial charge is 0.338 e. The molecule has 0 unspecified atom stereocenters. The van der Waals surface area contributed by atoms with Crippen LogP contribution >= 0.6 is 0 Å². The van der Waals surface area contributed by atoms with Crippen LogP contribution < -0.4 is 5.32 Å². The van der Waals surface area contributed by atoms with Gasteiger partial charge in [0.25, 0.3) is 0 Å². The molecule has 4 nitrogen and oxygen atoms in total. The Bertz CT molecular complexity index is 725. The fraction of sp³-hybridized carbons (Fsp3) is 0.300. The molecule has 4 heteroatoms. The molecule has 3 rings (SSSR count). The molecule has 0 radical (unpaired) electrons. The first-order valence-electron chi connectivity index (χ1n) is 8.24. The van der Waals surface area contributed by atoms with E-state index in [1.54, 1.807) is 11.9 Å². The van der Waals surface area contributed by atoms with E-state index in [4.69, 9.17) is 0 Å². The lowest BCUT2D eigenvalue weighted by Crippen LogP contribution is -2.44. The number of para-hydroxylation sites is 1. The summed E-state index contributed by atoms with van der Waals surface area (Å²) in [6, 6.07) is 17.3. The Morgan fingerprint density at radius 1 is 1.08 bits per heavy atom. The van der Waals surface area contributed by atoms with Crippen LogP contribution in [0.1, 0.15) is 30.0 Å². The molecule has 124 valence electrons. The first kappa shape index (κ1) is 16.2. The Morgan fingerprint density at radius 2 is 1.75 bits per heavy atom. The minimum atomic E-state index is -0.254. The molecule has 0 spiro atoms. The van der Waals surface area contributed by atoms with Crippen molar-refractivity contribution < 1.29 is 9.59 Å². The SMILES string of the molecule is Cc1ccc([C@@H]2[C@@H](C(=O)Nc3ccccc3)CCC(=O)N2C)cc1. The minimum absolute atomic E-state index is 0.0360. The fourth-order valence-electron chi connectivity index (χ4n) is 3.29. The number of nitrogens with one attached hydrogen (secondary N) is 1. The van der Waals surface area contributed by atoms with Gasteiger partial charge in [0, 0.05) is 19.2 Å². The first-order valence-corrected chi connectivity index (χ1v) is 8.24. The summed E-state index contributed by atoms with van der Waals surface area (Å²) in [4.78, 5) is 26.7. The molecule has 1 fully saturated rings. The van der Waals surface area contributed by atoms with Crippen molar-refractivity contribution in [2.45, 2.75) is 25.8 Å². The maximum Gasteiger partial charge on any atom is 0.229 e. The van der Waals surface area contributed by atoms with E-state index in [1.807, 2.05) is 61.5 Å². The van der Waals surface area contributed by atoms with Gasteiger partial charge in [-0.05, 0) is 31.0 Å². The van der Waals surface area contributed by atoms with Gasteiger partial charge in [-0.2, -0.15) is 0 Å². The molecule has 0 saturated carbocycles. The second kappa shape index (κ2) is 6.87. The number of piperidine rings is 1. The van der Waals surface area contributed by atoms with Crippen molar-refractivity contribution in [1.29, 1.82) is 0 Å². The Morgan fingerprint density at radius 3 is 2.42 bits per heavy atom. The third-order valence-electron chi connectivity index (χ3n) is 4.66. The normalized spacial score (nSPS) is 20.8. The molecule has 24 heavy (non-hydrogen) atoms. The smallest absolute Gasteiger partial charge is 0.229 e. The van der Waals surface area contributed by atoms with E-state index in [0.717, 1.165) is 16.8 Å². The highest BCUT2D eigenvalue weighted by Gasteiger charge is 2.38. The number of carbonyl (C=O) groups is 2. The summed E-state index contributed by atoms with van der Waals surface area (Å²) in [7, 11) is 1.79. The highest BCUT2D eigenvalue weighted by Crippen LogP contribution is 2.36. The number of benzene rings is 2. The van der Waals surface area contributed by atoms with Gasteiger partial charge in [0.05, 0.1) is 12.0 Å². The number of aryl methyl sites for hydroxylation is 1. The van der Waals surface area contributed by atoms with E-state index < -0.39 is 0 Å². The second-order valence-corrected chi connectivity index (χ2v) is 6.36. The highest BCUT2D eigenvalue weighted by molar-refractivity contribution is 5.94. The van der Waals surface area contributed by atoms with Gasteiger partial charge >= 0.3 is 0 Å². The van der Waals surface area contributed by atoms with Crippen molar-refractivity contribution in [3.05, 3.63) is 65.7 Å². The Hall–Kier alpha value is -2.62. The van der Waals surface area contributed by atoms with Crippen LogP contribution in [0.5, 0.6) is 0 Å². The molecule has 0 bridgehead atoms. The molecule has 1 aliphatic rings. The van der Waals surface area contributed by atoms with Crippen LogP contribution in [0, 0.1) is 12.8 Å². The van der Waals surface area contributed by atoms with E-state index in [9.17, 15) is 9.59 Å². The lowest BCUT2D eigenvalue weighted by atomic mass is 9.83. The zero-order chi connectivity index (χ0) is 17.1. The molecule has 1 saturated heterocycles. The van der Waals surface area contributed by atoms with Gasteiger partial charge in [0.15, 0.2) is 0 Å². The zero-order valence-electron chi connectivity index (χ0n) is 14.0. The molecule has 0 aliphatic carbocycles. The standard InChI is InChI=1S/C20H22N2O2/c1-14-8-10-15(11-9-14)19-17(12-13-18(23)22(19)2)20(24)21-16-6-4-3-5-7-16/h3-11,17,19H,12-13H2,1-2H3,(H,21,24)/t17-,19+/m0/s1. The predicted molar refractivity (Wildman–Crippen MR) is 94.5 cm³/mol. The summed E-state index contributed by atoms with van der Waals surface area (Å²) in [6.45, 7) is 2.03. The average Bonchev–Trinajstić information content (AvgIpc) is 2.59. The van der Waals surface area contributed by atoms with Crippen LogP contribution in [0.15, 0.2) is 54.6 Å². The highest BCUT2D eigenvalue weighted by atomic mass is 16.2. The number of amides is 2. The number of carbonyl (C=O) groups excluding carboxylic acids is 2. The molecule has 1 heterocycles. The summed E-state index contributed by atoms with van der Waals surface area (Å²) in [5.41, 5.74) is 2.95. The number of hydrogen-bond acceptors (Lipinski definition) is 2. The van der Waals surface area contributed by atoms with Crippen molar-refractivity contribution >= 4 is 17.5 Å². The maximum absolute atomic E-state index is 12.8. The zero-order valence-corrected chi connectivity index (χ0v) is 14.0. The Labute approximate surface area is 142 Å². The van der Waals surface area contributed by atoms with Crippen LogP contribution in [0.2, 0.25) is 0 Å². The van der Waals surface area contributed by atoms with Crippen molar-refractivity contribution in [3.8, 4) is 0 Å². The van der Waals surface area contributed by atoms with Gasteiger partial charge < -0.3 is 10.2 Å². The molecule has 2 aromatic rings.